The molecule has 0 amide bonds. The maximum absolute atomic E-state index is 10.7. The summed E-state index contributed by atoms with van der Waals surface area (Å²) in [6, 6.07) is 0. The van der Waals surface area contributed by atoms with Gasteiger partial charge in [0.1, 0.15) is 0 Å². The van der Waals surface area contributed by atoms with Crippen LogP contribution in [0.2, 0.25) is 0 Å². The van der Waals surface area contributed by atoms with Crippen molar-refractivity contribution in [3.05, 3.63) is 0 Å². The molecule has 0 aromatic carbocycles. The van der Waals surface area contributed by atoms with Gasteiger partial charge in [0.25, 0.3) is 0 Å². The lowest BCUT2D eigenvalue weighted by Gasteiger charge is -2.18. The van der Waals surface area contributed by atoms with E-state index in [1.165, 1.54) is 6.42 Å². The summed E-state index contributed by atoms with van der Waals surface area (Å²) < 4.78 is 10.7. The van der Waals surface area contributed by atoms with Gasteiger partial charge >= 0.3 is 8.03 Å². The minimum atomic E-state index is -1.91. The zero-order valence-corrected chi connectivity index (χ0v) is 7.18. The molecule has 0 bridgehead atoms. The van der Waals surface area contributed by atoms with Gasteiger partial charge in [-0.3, -0.25) is 0 Å². The van der Waals surface area contributed by atoms with Gasteiger partial charge in [-0.25, -0.2) is 0 Å². The maximum Gasteiger partial charge on any atom is 0.508 e. The molecule has 0 aliphatic heterocycles. The summed E-state index contributed by atoms with van der Waals surface area (Å²) in [5.41, 5.74) is 0.0868. The fraction of sp³-hybridized carbons (Fsp3) is 1.00. The van der Waals surface area contributed by atoms with E-state index in [1.54, 1.807) is 0 Å². The van der Waals surface area contributed by atoms with E-state index in [1.807, 2.05) is 0 Å². The second-order valence-corrected chi connectivity index (χ2v) is 4.40. The van der Waals surface area contributed by atoms with Crippen molar-refractivity contribution in [2.45, 2.75) is 38.3 Å². The summed E-state index contributed by atoms with van der Waals surface area (Å²) in [6.45, 7) is 2.08. The van der Waals surface area contributed by atoms with Crippen molar-refractivity contribution in [3.63, 3.8) is 0 Å². The van der Waals surface area contributed by atoms with Crippen LogP contribution in [0.1, 0.15) is 32.6 Å². The first kappa shape index (κ1) is 8.16. The third-order valence-corrected chi connectivity index (χ3v) is 3.68. The van der Waals surface area contributed by atoms with Crippen molar-refractivity contribution in [2.75, 3.05) is 0 Å². The van der Waals surface area contributed by atoms with Crippen LogP contribution in [-0.4, -0.2) is 10.6 Å². The van der Waals surface area contributed by atoms with E-state index in [9.17, 15) is 4.57 Å². The molecule has 1 rings (SSSR count). The van der Waals surface area contributed by atoms with Crippen molar-refractivity contribution < 1.29 is 9.46 Å². The Kier molecular flexibility index (Phi) is 2.82. The van der Waals surface area contributed by atoms with Crippen molar-refractivity contribution in [1.82, 2.24) is 0 Å². The Bertz CT molecular complexity index is 136. The van der Waals surface area contributed by atoms with Gasteiger partial charge < -0.3 is 0 Å². The molecule has 0 heterocycles. The van der Waals surface area contributed by atoms with Gasteiger partial charge in [-0.1, -0.05) is 13.3 Å². The van der Waals surface area contributed by atoms with E-state index >= 15 is 0 Å². The average molecular weight is 161 g/mol. The van der Waals surface area contributed by atoms with Crippen molar-refractivity contribution >= 4 is 8.03 Å². The van der Waals surface area contributed by atoms with Crippen molar-refractivity contribution in [1.29, 1.82) is 0 Å². The first-order valence-corrected chi connectivity index (χ1v) is 5.15. The van der Waals surface area contributed by atoms with Gasteiger partial charge in [0.2, 0.25) is 0 Å². The summed E-state index contributed by atoms with van der Waals surface area (Å²) in [6.07, 6.45) is 4.46. The summed E-state index contributed by atoms with van der Waals surface area (Å²) in [7, 11) is -1.91. The van der Waals surface area contributed by atoms with Crippen LogP contribution < -0.4 is 0 Å². The zero-order valence-electron chi connectivity index (χ0n) is 6.29. The highest BCUT2D eigenvalue weighted by atomic mass is 31.1. The Balaban J connectivity index is 2.47. The van der Waals surface area contributed by atoms with Gasteiger partial charge in [-0.2, -0.15) is 4.89 Å². The molecule has 10 heavy (non-hydrogen) atoms. The lowest BCUT2D eigenvalue weighted by molar-refractivity contribution is 0.364. The third-order valence-electron chi connectivity index (χ3n) is 2.35. The SMILES string of the molecule is C[C@@H]1CCCC[C@H]1[P+](=O)O. The summed E-state index contributed by atoms with van der Waals surface area (Å²) in [5, 5.41) is 0. The minimum Gasteiger partial charge on any atom is -0.161 e. The Morgan fingerprint density at radius 2 is 2.00 bits per heavy atom. The highest BCUT2D eigenvalue weighted by Crippen LogP contribution is 2.38. The largest absolute Gasteiger partial charge is 0.508 e. The number of hydrogen-bond acceptors (Lipinski definition) is 1. The lowest BCUT2D eigenvalue weighted by Crippen LogP contribution is -2.18. The topological polar surface area (TPSA) is 37.3 Å². The van der Waals surface area contributed by atoms with E-state index in [0.717, 1.165) is 19.3 Å². The van der Waals surface area contributed by atoms with Crippen LogP contribution in [0.5, 0.6) is 0 Å². The second-order valence-electron chi connectivity index (χ2n) is 3.13. The van der Waals surface area contributed by atoms with E-state index in [4.69, 9.17) is 4.89 Å². The second kappa shape index (κ2) is 3.45. The van der Waals surface area contributed by atoms with Crippen LogP contribution in [0.15, 0.2) is 0 Å². The van der Waals surface area contributed by atoms with Gasteiger partial charge in [0, 0.05) is 5.92 Å². The van der Waals surface area contributed by atoms with Crippen LogP contribution in [-0.2, 0) is 4.57 Å². The van der Waals surface area contributed by atoms with Gasteiger partial charge in [0.15, 0.2) is 5.66 Å². The van der Waals surface area contributed by atoms with Crippen LogP contribution in [0.25, 0.3) is 0 Å². The van der Waals surface area contributed by atoms with Crippen molar-refractivity contribution in [3.8, 4) is 0 Å². The maximum atomic E-state index is 10.7. The molecule has 0 aromatic heterocycles. The monoisotopic (exact) mass is 161 g/mol. The number of hydrogen-bond donors (Lipinski definition) is 1. The smallest absolute Gasteiger partial charge is 0.161 e. The summed E-state index contributed by atoms with van der Waals surface area (Å²) in [4.78, 5) is 8.86. The molecular formula is C7H14O2P+. The van der Waals surface area contributed by atoms with Crippen LogP contribution in [0, 0.1) is 5.92 Å². The van der Waals surface area contributed by atoms with E-state index < -0.39 is 8.03 Å². The molecule has 0 aromatic rings. The lowest BCUT2D eigenvalue weighted by atomic mass is 9.90. The molecule has 1 fully saturated rings. The highest BCUT2D eigenvalue weighted by Gasteiger charge is 2.36. The Morgan fingerprint density at radius 1 is 1.40 bits per heavy atom. The van der Waals surface area contributed by atoms with E-state index in [-0.39, 0.29) is 5.66 Å². The predicted octanol–water partition coefficient (Wildman–Crippen LogP) is 2.30. The average Bonchev–Trinajstić information content (AvgIpc) is 1.88. The molecule has 1 N–H and O–H groups in total. The molecule has 0 radical (unpaired) electrons. The molecule has 3 atom stereocenters. The molecule has 0 saturated heterocycles. The molecule has 0 spiro atoms. The molecule has 3 heteroatoms. The van der Waals surface area contributed by atoms with E-state index in [2.05, 4.69) is 6.92 Å². The molecule has 1 aliphatic rings. The number of rotatable bonds is 1. The molecule has 1 saturated carbocycles. The Hall–Kier alpha value is 0.0600. The van der Waals surface area contributed by atoms with Crippen molar-refractivity contribution in [2.24, 2.45) is 5.92 Å². The first-order chi connectivity index (χ1) is 4.72. The quantitative estimate of drug-likeness (QED) is 0.599. The molecule has 1 aliphatic carbocycles. The first-order valence-electron chi connectivity index (χ1n) is 3.87. The highest BCUT2D eigenvalue weighted by molar-refractivity contribution is 7.38. The van der Waals surface area contributed by atoms with Crippen LogP contribution >= 0.6 is 8.03 Å². The normalized spacial score (nSPS) is 35.6. The summed E-state index contributed by atoms with van der Waals surface area (Å²) >= 11 is 0. The predicted molar refractivity (Wildman–Crippen MR) is 41.2 cm³/mol. The van der Waals surface area contributed by atoms with Gasteiger partial charge in [-0.15, -0.1) is 0 Å². The molecule has 58 valence electrons. The molecule has 2 nitrogen and oxygen atoms in total. The summed E-state index contributed by atoms with van der Waals surface area (Å²) in [5.74, 6) is 0.461. The van der Waals surface area contributed by atoms with Gasteiger partial charge in [0.05, 0.1) is 0 Å². The minimum absolute atomic E-state index is 0.0868. The Morgan fingerprint density at radius 3 is 2.40 bits per heavy atom. The van der Waals surface area contributed by atoms with Gasteiger partial charge in [-0.05, 0) is 23.8 Å². The third kappa shape index (κ3) is 1.77. The molecule has 1 unspecified atom stereocenters. The van der Waals surface area contributed by atoms with Crippen LogP contribution in [0.3, 0.4) is 0 Å². The standard InChI is InChI=1S/C7H13O2P/c1-6-4-2-3-5-7(6)10(8)9/h6-7H,2-5H2,1H3/p+1/t6-,7-/m1/s1. The molecular weight excluding hydrogens is 147 g/mol. The van der Waals surface area contributed by atoms with E-state index in [0.29, 0.717) is 5.92 Å². The fourth-order valence-corrected chi connectivity index (χ4v) is 2.61. The zero-order chi connectivity index (χ0) is 7.56. The fourth-order valence-electron chi connectivity index (χ4n) is 1.62. The van der Waals surface area contributed by atoms with Crippen LogP contribution in [0.4, 0.5) is 0 Å². The Labute approximate surface area is 62.5 Å².